The average Bonchev–Trinajstić information content (AvgIpc) is 2.95. The van der Waals surface area contributed by atoms with Crippen LogP contribution in [0.2, 0.25) is 0 Å². The van der Waals surface area contributed by atoms with E-state index in [0.717, 1.165) is 16.6 Å². The van der Waals surface area contributed by atoms with Crippen molar-refractivity contribution in [3.63, 3.8) is 0 Å². The number of carbonyl (C=O) groups is 1. The predicted molar refractivity (Wildman–Crippen MR) is 72.5 cm³/mol. The highest BCUT2D eigenvalue weighted by Crippen LogP contribution is 2.40. The van der Waals surface area contributed by atoms with E-state index in [0.29, 0.717) is 5.92 Å². The van der Waals surface area contributed by atoms with Gasteiger partial charge < -0.3 is 10.1 Å². The smallest absolute Gasteiger partial charge is 0.407 e. The van der Waals surface area contributed by atoms with Gasteiger partial charge in [-0.3, -0.25) is 0 Å². The van der Waals surface area contributed by atoms with Crippen LogP contribution in [0.15, 0.2) is 22.9 Å². The molecule has 18 heavy (non-hydrogen) atoms. The Morgan fingerprint density at radius 2 is 2.22 bits per heavy atom. The fourth-order valence-corrected chi connectivity index (χ4v) is 2.02. The van der Waals surface area contributed by atoms with Crippen molar-refractivity contribution in [1.29, 1.82) is 0 Å². The van der Waals surface area contributed by atoms with Crippen LogP contribution in [0.5, 0.6) is 0 Å². The largest absolute Gasteiger partial charge is 0.444 e. The lowest BCUT2D eigenvalue weighted by atomic mass is 10.2. The van der Waals surface area contributed by atoms with Crippen molar-refractivity contribution in [2.24, 2.45) is 0 Å². The van der Waals surface area contributed by atoms with Crippen LogP contribution in [0.1, 0.15) is 38.7 Å². The summed E-state index contributed by atoms with van der Waals surface area (Å²) in [6, 6.07) is 4.11. The molecular formula is C13H17BrN2O2. The molecular weight excluding hydrogens is 296 g/mol. The lowest BCUT2D eigenvalue weighted by Gasteiger charge is -2.19. The minimum atomic E-state index is -0.451. The molecule has 4 nitrogen and oxygen atoms in total. The fourth-order valence-electron chi connectivity index (χ4n) is 1.79. The van der Waals surface area contributed by atoms with E-state index < -0.39 is 5.60 Å². The second kappa shape index (κ2) is 4.88. The van der Waals surface area contributed by atoms with E-state index in [2.05, 4.69) is 26.2 Å². The maximum atomic E-state index is 11.6. The molecule has 98 valence electrons. The number of hydrogen-bond acceptors (Lipinski definition) is 3. The molecule has 1 heterocycles. The molecule has 1 saturated carbocycles. The molecule has 1 fully saturated rings. The third-order valence-electron chi connectivity index (χ3n) is 2.67. The molecule has 1 aromatic heterocycles. The third-order valence-corrected chi connectivity index (χ3v) is 3.14. The Kier molecular flexibility index (Phi) is 3.61. The van der Waals surface area contributed by atoms with Gasteiger partial charge in [-0.2, -0.15) is 0 Å². The van der Waals surface area contributed by atoms with E-state index in [9.17, 15) is 4.79 Å². The molecule has 0 aliphatic heterocycles. The van der Waals surface area contributed by atoms with Crippen LogP contribution in [-0.2, 0) is 4.74 Å². The monoisotopic (exact) mass is 312 g/mol. The van der Waals surface area contributed by atoms with Gasteiger partial charge in [-0.15, -0.1) is 0 Å². The topological polar surface area (TPSA) is 51.2 Å². The maximum Gasteiger partial charge on any atom is 0.407 e. The molecule has 1 aromatic rings. The van der Waals surface area contributed by atoms with Gasteiger partial charge in [-0.05, 0) is 54.8 Å². The highest BCUT2D eigenvalue weighted by molar-refractivity contribution is 9.10. The van der Waals surface area contributed by atoms with Gasteiger partial charge in [0.05, 0.1) is 0 Å². The average molecular weight is 313 g/mol. The zero-order valence-corrected chi connectivity index (χ0v) is 12.3. The SMILES string of the molecule is CC(C)(C)OC(=O)N[C@@H]1C[C@H]1c1ccc(Br)nc1. The van der Waals surface area contributed by atoms with Crippen molar-refractivity contribution in [3.05, 3.63) is 28.5 Å². The molecule has 1 amide bonds. The summed E-state index contributed by atoms with van der Waals surface area (Å²) in [5.41, 5.74) is 0.701. The highest BCUT2D eigenvalue weighted by atomic mass is 79.9. The maximum absolute atomic E-state index is 11.6. The Hall–Kier alpha value is -1.10. The van der Waals surface area contributed by atoms with Crippen molar-refractivity contribution < 1.29 is 9.53 Å². The van der Waals surface area contributed by atoms with E-state index in [4.69, 9.17) is 4.74 Å². The van der Waals surface area contributed by atoms with Gasteiger partial charge in [0.1, 0.15) is 10.2 Å². The van der Waals surface area contributed by atoms with Gasteiger partial charge in [0.15, 0.2) is 0 Å². The van der Waals surface area contributed by atoms with Crippen LogP contribution < -0.4 is 5.32 Å². The summed E-state index contributed by atoms with van der Waals surface area (Å²) in [6.07, 6.45) is 2.44. The minimum absolute atomic E-state index is 0.169. The molecule has 1 aliphatic carbocycles. The number of halogens is 1. The quantitative estimate of drug-likeness (QED) is 0.853. The van der Waals surface area contributed by atoms with E-state index >= 15 is 0 Å². The minimum Gasteiger partial charge on any atom is -0.444 e. The summed E-state index contributed by atoms with van der Waals surface area (Å²) >= 11 is 3.30. The zero-order chi connectivity index (χ0) is 13.3. The number of alkyl carbamates (subject to hydrolysis) is 1. The van der Waals surface area contributed by atoms with E-state index in [1.54, 1.807) is 0 Å². The molecule has 0 saturated heterocycles. The molecule has 0 unspecified atom stereocenters. The van der Waals surface area contributed by atoms with Gasteiger partial charge in [0.25, 0.3) is 0 Å². The Labute approximate surface area is 115 Å². The number of nitrogens with zero attached hydrogens (tertiary/aromatic N) is 1. The first-order chi connectivity index (χ1) is 8.35. The summed E-state index contributed by atoms with van der Waals surface area (Å²) in [5, 5.41) is 2.87. The van der Waals surface area contributed by atoms with E-state index in [1.807, 2.05) is 39.1 Å². The van der Waals surface area contributed by atoms with Crippen molar-refractivity contribution in [2.45, 2.75) is 44.8 Å². The van der Waals surface area contributed by atoms with Crippen LogP contribution in [0.25, 0.3) is 0 Å². The number of rotatable bonds is 2. The first-order valence-electron chi connectivity index (χ1n) is 5.96. The molecule has 0 bridgehead atoms. The van der Waals surface area contributed by atoms with Crippen LogP contribution in [0.4, 0.5) is 4.79 Å². The summed E-state index contributed by atoms with van der Waals surface area (Å²) in [7, 11) is 0. The number of nitrogens with one attached hydrogen (secondary N) is 1. The molecule has 0 aromatic carbocycles. The summed E-state index contributed by atoms with van der Waals surface area (Å²) in [4.78, 5) is 15.8. The summed E-state index contributed by atoms with van der Waals surface area (Å²) < 4.78 is 6.04. The Morgan fingerprint density at radius 1 is 1.50 bits per heavy atom. The Morgan fingerprint density at radius 3 is 2.78 bits per heavy atom. The van der Waals surface area contributed by atoms with Crippen LogP contribution in [0.3, 0.4) is 0 Å². The second-order valence-electron chi connectivity index (χ2n) is 5.51. The molecule has 0 spiro atoms. The van der Waals surface area contributed by atoms with Crippen molar-refractivity contribution >= 4 is 22.0 Å². The molecule has 5 heteroatoms. The van der Waals surface area contributed by atoms with Crippen molar-refractivity contribution in [1.82, 2.24) is 10.3 Å². The number of carbonyl (C=O) groups excluding carboxylic acids is 1. The number of ether oxygens (including phenoxy) is 1. The second-order valence-corrected chi connectivity index (χ2v) is 6.32. The zero-order valence-electron chi connectivity index (χ0n) is 10.7. The number of amides is 1. The summed E-state index contributed by atoms with van der Waals surface area (Å²) in [6.45, 7) is 5.57. The van der Waals surface area contributed by atoms with Gasteiger partial charge in [0.2, 0.25) is 0 Å². The first-order valence-corrected chi connectivity index (χ1v) is 6.75. The lowest BCUT2D eigenvalue weighted by Crippen LogP contribution is -2.34. The molecule has 1 N–H and O–H groups in total. The number of hydrogen-bond donors (Lipinski definition) is 1. The lowest BCUT2D eigenvalue weighted by molar-refractivity contribution is 0.0523. The number of aromatic nitrogens is 1. The van der Waals surface area contributed by atoms with Crippen molar-refractivity contribution in [2.75, 3.05) is 0 Å². The number of pyridine rings is 1. The highest BCUT2D eigenvalue weighted by Gasteiger charge is 2.40. The van der Waals surface area contributed by atoms with E-state index in [1.165, 1.54) is 0 Å². The fraction of sp³-hybridized carbons (Fsp3) is 0.538. The predicted octanol–water partition coefficient (Wildman–Crippen LogP) is 3.22. The molecule has 2 rings (SSSR count). The normalized spacial score (nSPS) is 22.4. The molecule has 1 aliphatic rings. The molecule has 0 radical (unpaired) electrons. The van der Waals surface area contributed by atoms with Crippen molar-refractivity contribution in [3.8, 4) is 0 Å². The van der Waals surface area contributed by atoms with E-state index in [-0.39, 0.29) is 12.1 Å². The first kappa shape index (κ1) is 13.3. The van der Waals surface area contributed by atoms with Gasteiger partial charge in [-0.25, -0.2) is 9.78 Å². The van der Waals surface area contributed by atoms with Gasteiger partial charge >= 0.3 is 6.09 Å². The Bertz CT molecular complexity index is 439. The third kappa shape index (κ3) is 3.70. The van der Waals surface area contributed by atoms with Crippen LogP contribution in [0, 0.1) is 0 Å². The van der Waals surface area contributed by atoms with Gasteiger partial charge in [-0.1, -0.05) is 6.07 Å². The summed E-state index contributed by atoms with van der Waals surface area (Å²) in [5.74, 6) is 0.359. The Balaban J connectivity index is 1.85. The van der Waals surface area contributed by atoms with Crippen LogP contribution >= 0.6 is 15.9 Å². The van der Waals surface area contributed by atoms with Crippen LogP contribution in [-0.4, -0.2) is 22.7 Å². The van der Waals surface area contributed by atoms with Gasteiger partial charge in [0, 0.05) is 18.2 Å². The molecule has 2 atom stereocenters. The standard InChI is InChI=1S/C13H17BrN2O2/c1-13(2,3)18-12(17)16-10-6-9(10)8-4-5-11(14)15-7-8/h4-5,7,9-10H,6H2,1-3H3,(H,16,17)/t9-,10+/m0/s1.